The van der Waals surface area contributed by atoms with E-state index in [2.05, 4.69) is 85.5 Å². The van der Waals surface area contributed by atoms with Crippen LogP contribution >= 0.6 is 0 Å². The predicted octanol–water partition coefficient (Wildman–Crippen LogP) is 7.88. The van der Waals surface area contributed by atoms with Crippen molar-refractivity contribution in [2.75, 3.05) is 18.1 Å². The third kappa shape index (κ3) is 9.29. The maximum Gasteiger partial charge on any atom is 0.330 e. The summed E-state index contributed by atoms with van der Waals surface area (Å²) in [6.07, 6.45) is 9.47. The third-order valence-electron chi connectivity index (χ3n) is 6.45. The van der Waals surface area contributed by atoms with Crippen molar-refractivity contribution in [2.24, 2.45) is 0 Å². The van der Waals surface area contributed by atoms with Crippen molar-refractivity contribution in [1.29, 1.82) is 0 Å². The van der Waals surface area contributed by atoms with Gasteiger partial charge in [0.2, 0.25) is 0 Å². The maximum atomic E-state index is 11.5. The van der Waals surface area contributed by atoms with Crippen LogP contribution in [0.15, 0.2) is 91.0 Å². The summed E-state index contributed by atoms with van der Waals surface area (Å²) in [4.78, 5) is 25.2. The van der Waals surface area contributed by atoms with Crippen LogP contribution in [0.4, 0.5) is 17.1 Å². The molecule has 3 aromatic carbocycles. The minimum Gasteiger partial charge on any atom is -0.463 e. The topological polar surface area (TPSA) is 55.8 Å². The van der Waals surface area contributed by atoms with Crippen molar-refractivity contribution in [2.45, 2.75) is 53.4 Å². The van der Waals surface area contributed by atoms with Crippen LogP contribution in [0.3, 0.4) is 0 Å². The number of hydrogen-bond acceptors (Lipinski definition) is 5. The lowest BCUT2D eigenvalue weighted by Crippen LogP contribution is -2.10. The highest BCUT2D eigenvalue weighted by atomic mass is 16.5. The van der Waals surface area contributed by atoms with E-state index in [1.54, 1.807) is 26.0 Å². The van der Waals surface area contributed by atoms with Gasteiger partial charge in [-0.25, -0.2) is 9.59 Å². The summed E-state index contributed by atoms with van der Waals surface area (Å²) in [6, 6.07) is 23.7. The van der Waals surface area contributed by atoms with Crippen molar-refractivity contribution >= 4 is 29.0 Å². The van der Waals surface area contributed by atoms with Crippen LogP contribution < -0.4 is 4.90 Å². The fourth-order valence-electron chi connectivity index (χ4n) is 4.20. The summed E-state index contributed by atoms with van der Waals surface area (Å²) in [6.45, 7) is 8.67. The highest BCUT2D eigenvalue weighted by Gasteiger charge is 2.13. The highest BCUT2D eigenvalue weighted by molar-refractivity contribution is 5.82. The summed E-state index contributed by atoms with van der Waals surface area (Å²) in [5.41, 5.74) is 8.15. The molecule has 39 heavy (non-hydrogen) atoms. The molecule has 3 aromatic rings. The lowest BCUT2D eigenvalue weighted by Gasteiger charge is -2.26. The van der Waals surface area contributed by atoms with Gasteiger partial charge in [0, 0.05) is 29.2 Å². The minimum absolute atomic E-state index is 0.296. The van der Waals surface area contributed by atoms with Gasteiger partial charge in [0.15, 0.2) is 0 Å². The number of allylic oxidation sites excluding steroid dienone is 2. The first-order chi connectivity index (χ1) is 18.9. The molecule has 0 fully saturated rings. The van der Waals surface area contributed by atoms with Gasteiger partial charge in [0.1, 0.15) is 0 Å². The Balaban J connectivity index is 1.72. The fraction of sp³-hybridized carbons (Fsp3) is 0.294. The van der Waals surface area contributed by atoms with Crippen LogP contribution in [0.5, 0.6) is 0 Å². The molecule has 0 saturated carbocycles. The van der Waals surface area contributed by atoms with Crippen LogP contribution in [0.25, 0.3) is 0 Å². The second-order valence-electron chi connectivity index (χ2n) is 9.48. The summed E-state index contributed by atoms with van der Waals surface area (Å²) in [5.74, 6) is -0.591. The molecule has 0 unspecified atom stereocenters. The van der Waals surface area contributed by atoms with Crippen LogP contribution in [-0.2, 0) is 31.9 Å². The Morgan fingerprint density at radius 3 is 1.49 bits per heavy atom. The minimum atomic E-state index is -0.296. The van der Waals surface area contributed by atoms with E-state index in [0.29, 0.717) is 13.2 Å². The number of rotatable bonds is 13. The van der Waals surface area contributed by atoms with Gasteiger partial charge in [0.25, 0.3) is 0 Å². The van der Waals surface area contributed by atoms with E-state index in [0.717, 1.165) is 42.7 Å². The molecular formula is C34H39NO4. The Hall–Kier alpha value is -4.12. The fourth-order valence-corrected chi connectivity index (χ4v) is 4.20. The van der Waals surface area contributed by atoms with Crippen molar-refractivity contribution in [3.63, 3.8) is 0 Å². The molecule has 0 radical (unpaired) electrons. The van der Waals surface area contributed by atoms with Crippen molar-refractivity contribution in [3.05, 3.63) is 113 Å². The van der Waals surface area contributed by atoms with Gasteiger partial charge in [-0.3, -0.25) is 0 Å². The lowest BCUT2D eigenvalue weighted by molar-refractivity contribution is -0.138. The predicted molar refractivity (Wildman–Crippen MR) is 159 cm³/mol. The number of anilines is 3. The van der Waals surface area contributed by atoms with Crippen LogP contribution in [0.1, 0.15) is 48.9 Å². The number of carbonyl (C=O) groups excluding carboxylic acids is 2. The monoisotopic (exact) mass is 525 g/mol. The summed E-state index contributed by atoms with van der Waals surface area (Å²) in [5, 5.41) is 0. The molecule has 0 spiro atoms. The highest BCUT2D eigenvalue weighted by Crippen LogP contribution is 2.35. The average molecular weight is 526 g/mol. The van der Waals surface area contributed by atoms with E-state index in [1.165, 1.54) is 34.4 Å². The molecule has 0 atom stereocenters. The SMILES string of the molecule is CC=CC(=O)OCCCc1ccc(N(c2ccc(CCCOC(=O)C=CC)cc2)c2ccc(C)c(C)c2)cc1. The molecule has 5 heteroatoms. The zero-order valence-corrected chi connectivity index (χ0v) is 23.5. The van der Waals surface area contributed by atoms with Crippen LogP contribution in [0, 0.1) is 13.8 Å². The van der Waals surface area contributed by atoms with E-state index >= 15 is 0 Å². The first kappa shape index (κ1) is 29.4. The van der Waals surface area contributed by atoms with E-state index < -0.39 is 0 Å². The summed E-state index contributed by atoms with van der Waals surface area (Å²) >= 11 is 0. The van der Waals surface area contributed by atoms with Gasteiger partial charge in [-0.2, -0.15) is 0 Å². The second-order valence-corrected chi connectivity index (χ2v) is 9.48. The standard InChI is InChI=1S/C34H39NO4/c1-5-9-33(36)38-23-7-11-28-14-19-30(20-15-28)35(32-18-13-26(3)27(4)25-32)31-21-16-29(17-22-31)12-8-24-39-34(37)10-6-2/h5-6,9-10,13-22,25H,7-8,11-12,23-24H2,1-4H3. The van der Waals surface area contributed by atoms with Gasteiger partial charge < -0.3 is 14.4 Å². The zero-order valence-electron chi connectivity index (χ0n) is 23.5. The number of hydrogen-bond donors (Lipinski definition) is 0. The largest absolute Gasteiger partial charge is 0.463 e. The number of ether oxygens (including phenoxy) is 2. The second kappa shape index (κ2) is 15.3. The molecule has 0 heterocycles. The van der Waals surface area contributed by atoms with Gasteiger partial charge in [-0.1, -0.05) is 42.5 Å². The lowest BCUT2D eigenvalue weighted by atomic mass is 10.1. The van der Waals surface area contributed by atoms with E-state index in [4.69, 9.17) is 9.47 Å². The normalized spacial score (nSPS) is 11.2. The average Bonchev–Trinajstić information content (AvgIpc) is 2.93. The molecule has 0 amide bonds. The quantitative estimate of drug-likeness (QED) is 0.129. The molecule has 0 aromatic heterocycles. The van der Waals surface area contributed by atoms with Gasteiger partial charge >= 0.3 is 11.9 Å². The summed E-state index contributed by atoms with van der Waals surface area (Å²) < 4.78 is 10.4. The molecule has 204 valence electrons. The molecule has 0 aliphatic heterocycles. The van der Waals surface area contributed by atoms with Gasteiger partial charge in [0.05, 0.1) is 13.2 Å². The zero-order chi connectivity index (χ0) is 28.0. The number of benzene rings is 3. The number of nitrogens with zero attached hydrogens (tertiary/aromatic N) is 1. The number of esters is 2. The smallest absolute Gasteiger partial charge is 0.330 e. The molecule has 0 bridgehead atoms. The van der Waals surface area contributed by atoms with Crippen LogP contribution in [-0.4, -0.2) is 25.2 Å². The molecule has 0 aliphatic carbocycles. The first-order valence-corrected chi connectivity index (χ1v) is 13.6. The van der Waals surface area contributed by atoms with E-state index in [9.17, 15) is 9.59 Å². The van der Waals surface area contributed by atoms with E-state index in [-0.39, 0.29) is 11.9 Å². The molecule has 0 N–H and O–H groups in total. The van der Waals surface area contributed by atoms with Crippen LogP contribution in [0.2, 0.25) is 0 Å². The Kier molecular flexibility index (Phi) is 11.6. The van der Waals surface area contributed by atoms with Crippen molar-refractivity contribution in [3.8, 4) is 0 Å². The van der Waals surface area contributed by atoms with E-state index in [1.807, 2.05) is 0 Å². The first-order valence-electron chi connectivity index (χ1n) is 13.6. The number of aryl methyl sites for hydroxylation is 4. The Morgan fingerprint density at radius 2 is 1.08 bits per heavy atom. The maximum absolute atomic E-state index is 11.5. The Labute approximate surface area is 232 Å². The van der Waals surface area contributed by atoms with Gasteiger partial charge in [-0.15, -0.1) is 0 Å². The Bertz CT molecular complexity index is 1200. The van der Waals surface area contributed by atoms with Gasteiger partial charge in [-0.05, 0) is 112 Å². The molecule has 3 rings (SSSR count). The molecule has 0 aliphatic rings. The number of carbonyl (C=O) groups is 2. The molecule has 5 nitrogen and oxygen atoms in total. The molecule has 0 saturated heterocycles. The van der Waals surface area contributed by atoms with Crippen molar-refractivity contribution in [1.82, 2.24) is 0 Å². The Morgan fingerprint density at radius 1 is 0.641 bits per heavy atom. The third-order valence-corrected chi connectivity index (χ3v) is 6.45. The van der Waals surface area contributed by atoms with Crippen molar-refractivity contribution < 1.29 is 19.1 Å². The molecular weight excluding hydrogens is 486 g/mol. The summed E-state index contributed by atoms with van der Waals surface area (Å²) in [7, 11) is 0.